The number of rotatable bonds is 2. The third kappa shape index (κ3) is 2.71. The highest BCUT2D eigenvalue weighted by Gasteiger charge is 2.42. The maximum Gasteiger partial charge on any atom is 0.290 e. The van der Waals surface area contributed by atoms with Gasteiger partial charge in [0.25, 0.3) is 5.91 Å². The van der Waals surface area contributed by atoms with Crippen molar-refractivity contribution >= 4 is 17.8 Å². The molecule has 3 aliphatic heterocycles. The fourth-order valence-electron chi connectivity index (χ4n) is 4.39. The van der Waals surface area contributed by atoms with Gasteiger partial charge in [0, 0.05) is 24.9 Å². The van der Waals surface area contributed by atoms with E-state index in [1.807, 2.05) is 6.08 Å². The van der Waals surface area contributed by atoms with Gasteiger partial charge >= 0.3 is 0 Å². The number of piperidine rings is 1. The molecule has 6 nitrogen and oxygen atoms in total. The highest BCUT2D eigenvalue weighted by Crippen LogP contribution is 2.49. The maximum absolute atomic E-state index is 12.4. The zero-order chi connectivity index (χ0) is 18.5. The Bertz CT molecular complexity index is 806. The Labute approximate surface area is 153 Å². The summed E-state index contributed by atoms with van der Waals surface area (Å²) < 4.78 is 0. The molecule has 26 heavy (non-hydrogen) atoms. The molecule has 2 fully saturated rings. The summed E-state index contributed by atoms with van der Waals surface area (Å²) in [6.07, 6.45) is 9.53. The van der Waals surface area contributed by atoms with Gasteiger partial charge in [0.2, 0.25) is 0 Å². The van der Waals surface area contributed by atoms with Gasteiger partial charge in [-0.25, -0.2) is 4.99 Å². The van der Waals surface area contributed by atoms with Crippen LogP contribution in [0.3, 0.4) is 0 Å². The van der Waals surface area contributed by atoms with E-state index < -0.39 is 17.6 Å². The third-order valence-corrected chi connectivity index (χ3v) is 6.28. The normalized spacial score (nSPS) is 27.5. The van der Waals surface area contributed by atoms with Gasteiger partial charge in [-0.05, 0) is 51.0 Å². The summed E-state index contributed by atoms with van der Waals surface area (Å²) in [6, 6.07) is 1.64. The minimum atomic E-state index is -1.02. The Balaban J connectivity index is 1.71. The lowest BCUT2D eigenvalue weighted by Crippen LogP contribution is -2.45. The molecule has 0 aromatic heterocycles. The highest BCUT2D eigenvalue weighted by atomic mass is 16.3. The number of aliphatic hydroxyl groups is 1. The summed E-state index contributed by atoms with van der Waals surface area (Å²) in [5.74, 6) is -0.494. The average molecular weight is 352 g/mol. The molecule has 1 saturated heterocycles. The number of likely N-dealkylation sites (tertiary alicyclic amines) is 1. The number of hydrogen-bond acceptors (Lipinski definition) is 5. The van der Waals surface area contributed by atoms with Crippen LogP contribution in [0.5, 0.6) is 0 Å². The first-order valence-electron chi connectivity index (χ1n) is 9.33. The lowest BCUT2D eigenvalue weighted by atomic mass is 9.63. The van der Waals surface area contributed by atoms with Crippen molar-refractivity contribution < 1.29 is 9.90 Å². The van der Waals surface area contributed by atoms with Gasteiger partial charge in [0.15, 0.2) is 0 Å². The number of dihydropyridines is 2. The fourth-order valence-corrected chi connectivity index (χ4v) is 4.39. The van der Waals surface area contributed by atoms with E-state index >= 15 is 0 Å². The van der Waals surface area contributed by atoms with E-state index in [9.17, 15) is 15.2 Å². The van der Waals surface area contributed by atoms with Crippen molar-refractivity contribution in [3.05, 3.63) is 22.9 Å². The van der Waals surface area contributed by atoms with Crippen LogP contribution in [0.25, 0.3) is 0 Å². The molecule has 1 aliphatic carbocycles. The van der Waals surface area contributed by atoms with Crippen LogP contribution < -0.4 is 0 Å². The number of fused-ring (bicyclic) bond motifs is 1. The molecule has 6 heteroatoms. The van der Waals surface area contributed by atoms with Crippen LogP contribution in [0.1, 0.15) is 46.0 Å². The second-order valence-electron chi connectivity index (χ2n) is 8.44. The largest absolute Gasteiger partial charge is 0.388 e. The zero-order valence-corrected chi connectivity index (χ0v) is 15.3. The predicted octanol–water partition coefficient (Wildman–Crippen LogP) is 2.16. The standard InChI is InChI=1S/C20H24N4O2/c1-19(2,26)16-10-13-15(12-22-16)23-18(25)14(11-21)17(13)24-8-6-20(7-9-24)4-3-5-20/h10,12,16,26H,3-9H2,1-2H3. The number of amides is 1. The second-order valence-corrected chi connectivity index (χ2v) is 8.44. The molecule has 1 saturated carbocycles. The van der Waals surface area contributed by atoms with Gasteiger partial charge in [-0.15, -0.1) is 0 Å². The van der Waals surface area contributed by atoms with Crippen molar-refractivity contribution in [3.63, 3.8) is 0 Å². The number of nitrogens with zero attached hydrogens (tertiary/aromatic N) is 4. The van der Waals surface area contributed by atoms with E-state index in [1.54, 1.807) is 20.1 Å². The summed E-state index contributed by atoms with van der Waals surface area (Å²) >= 11 is 0. The van der Waals surface area contributed by atoms with E-state index in [2.05, 4.69) is 21.0 Å². The van der Waals surface area contributed by atoms with Crippen LogP contribution in [-0.4, -0.2) is 52.6 Å². The minimum Gasteiger partial charge on any atom is -0.388 e. The van der Waals surface area contributed by atoms with Crippen LogP contribution in [0.15, 0.2) is 32.9 Å². The van der Waals surface area contributed by atoms with Crippen molar-refractivity contribution in [1.82, 2.24) is 4.90 Å². The van der Waals surface area contributed by atoms with Crippen LogP contribution in [0, 0.1) is 16.7 Å². The zero-order valence-electron chi connectivity index (χ0n) is 15.3. The van der Waals surface area contributed by atoms with E-state index in [4.69, 9.17) is 0 Å². The lowest BCUT2D eigenvalue weighted by molar-refractivity contribution is -0.114. The van der Waals surface area contributed by atoms with Crippen molar-refractivity contribution in [2.75, 3.05) is 13.1 Å². The molecule has 1 unspecified atom stereocenters. The Hall–Kier alpha value is -2.26. The molecule has 1 atom stereocenters. The average Bonchev–Trinajstić information content (AvgIpc) is 2.58. The summed E-state index contributed by atoms with van der Waals surface area (Å²) in [7, 11) is 0. The Morgan fingerprint density at radius 3 is 2.54 bits per heavy atom. The first-order valence-corrected chi connectivity index (χ1v) is 9.33. The molecule has 1 N–H and O–H groups in total. The molecule has 4 aliphatic rings. The first-order chi connectivity index (χ1) is 12.3. The quantitative estimate of drug-likeness (QED) is 0.825. The van der Waals surface area contributed by atoms with Crippen LogP contribution in [0.2, 0.25) is 0 Å². The minimum absolute atomic E-state index is 0.106. The van der Waals surface area contributed by atoms with Crippen LogP contribution >= 0.6 is 0 Å². The Kier molecular flexibility index (Phi) is 3.89. The molecule has 1 amide bonds. The van der Waals surface area contributed by atoms with Gasteiger partial charge in [-0.2, -0.15) is 5.26 Å². The predicted molar refractivity (Wildman–Crippen MR) is 98.8 cm³/mol. The molecule has 1 spiro atoms. The summed E-state index contributed by atoms with van der Waals surface area (Å²) in [6.45, 7) is 5.11. The fraction of sp³-hybridized carbons (Fsp3) is 0.600. The third-order valence-electron chi connectivity index (χ3n) is 6.28. The van der Waals surface area contributed by atoms with Gasteiger partial charge in [-0.1, -0.05) is 6.42 Å². The Morgan fingerprint density at radius 2 is 2.00 bits per heavy atom. The molecular weight excluding hydrogens is 328 g/mol. The van der Waals surface area contributed by atoms with Crippen LogP contribution in [0.4, 0.5) is 0 Å². The topological polar surface area (TPSA) is 89.0 Å². The number of nitriles is 1. The molecule has 136 valence electrons. The molecule has 0 radical (unpaired) electrons. The Morgan fingerprint density at radius 1 is 1.31 bits per heavy atom. The molecular formula is C20H24N4O2. The van der Waals surface area contributed by atoms with Gasteiger partial charge in [0.1, 0.15) is 11.6 Å². The van der Waals surface area contributed by atoms with Crippen LogP contribution in [-0.2, 0) is 4.79 Å². The molecule has 0 aromatic rings. The van der Waals surface area contributed by atoms with Crippen molar-refractivity contribution in [2.45, 2.75) is 57.6 Å². The highest BCUT2D eigenvalue weighted by molar-refractivity contribution is 6.43. The number of aliphatic imine (C=N–C) groups is 2. The smallest absolute Gasteiger partial charge is 0.290 e. The van der Waals surface area contributed by atoms with E-state index in [-0.39, 0.29) is 5.57 Å². The summed E-state index contributed by atoms with van der Waals surface area (Å²) in [5.41, 5.74) is 1.50. The van der Waals surface area contributed by atoms with Crippen molar-refractivity contribution in [1.29, 1.82) is 5.26 Å². The number of allylic oxidation sites excluding steroid dienone is 1. The molecule has 0 bridgehead atoms. The monoisotopic (exact) mass is 352 g/mol. The van der Waals surface area contributed by atoms with E-state index in [1.165, 1.54) is 19.3 Å². The van der Waals surface area contributed by atoms with Gasteiger partial charge < -0.3 is 10.0 Å². The molecule has 0 aromatic carbocycles. The summed E-state index contributed by atoms with van der Waals surface area (Å²) in [5, 5.41) is 20.0. The lowest BCUT2D eigenvalue weighted by Gasteiger charge is -2.49. The van der Waals surface area contributed by atoms with Gasteiger partial charge in [-0.3, -0.25) is 9.79 Å². The van der Waals surface area contributed by atoms with Crippen molar-refractivity contribution in [3.8, 4) is 6.07 Å². The number of hydrogen-bond donors (Lipinski definition) is 1. The van der Waals surface area contributed by atoms with Crippen molar-refractivity contribution in [2.24, 2.45) is 15.4 Å². The SMILES string of the molecule is CC(C)(O)C1C=C2C(=NC(=O)C(C#N)=C2N2CCC3(CCC3)CC2)C=N1. The summed E-state index contributed by atoms with van der Waals surface area (Å²) in [4.78, 5) is 22.9. The second kappa shape index (κ2) is 5.88. The maximum atomic E-state index is 12.4. The molecule has 3 heterocycles. The van der Waals surface area contributed by atoms with Gasteiger partial charge in [0.05, 0.1) is 23.1 Å². The molecule has 4 rings (SSSR count). The van der Waals surface area contributed by atoms with E-state index in [0.717, 1.165) is 31.5 Å². The van der Waals surface area contributed by atoms with E-state index in [0.29, 0.717) is 16.8 Å². The number of carbonyl (C=O) groups excluding carboxylic acids is 1. The number of carbonyl (C=O) groups is 1. The first kappa shape index (κ1) is 17.2.